The molecule has 0 fully saturated rings. The fourth-order valence-electron chi connectivity index (χ4n) is 2.68. The molecule has 27 heavy (non-hydrogen) atoms. The molecule has 1 aromatic heterocycles. The van der Waals surface area contributed by atoms with Crippen LogP contribution in [0.15, 0.2) is 39.0 Å². The van der Waals surface area contributed by atoms with E-state index in [0.717, 1.165) is 9.35 Å². The molecule has 9 heteroatoms. The third-order valence-corrected chi connectivity index (χ3v) is 7.85. The lowest BCUT2D eigenvalue weighted by Crippen LogP contribution is -2.31. The molecule has 0 spiro atoms. The second-order valence-electron chi connectivity index (χ2n) is 5.85. The number of carbonyl (C=O) groups excluding carboxylic acids is 1. The van der Waals surface area contributed by atoms with Gasteiger partial charge in [-0.25, -0.2) is 8.42 Å². The lowest BCUT2D eigenvalue weighted by atomic mass is 10.2. The monoisotopic (exact) mass is 474 g/mol. The van der Waals surface area contributed by atoms with Crippen LogP contribution < -0.4 is 4.74 Å². The van der Waals surface area contributed by atoms with Crippen molar-refractivity contribution in [1.29, 1.82) is 0 Å². The summed E-state index contributed by atoms with van der Waals surface area (Å²) in [7, 11) is -0.639. The molecule has 2 rings (SSSR count). The summed E-state index contributed by atoms with van der Waals surface area (Å²) in [4.78, 5) is 15.4. The number of methoxy groups -OCH3 is 1. The van der Waals surface area contributed by atoms with Gasteiger partial charge in [0.2, 0.25) is 10.0 Å². The molecule has 148 valence electrons. The van der Waals surface area contributed by atoms with Crippen molar-refractivity contribution in [1.82, 2.24) is 9.21 Å². The zero-order chi connectivity index (χ0) is 20.2. The summed E-state index contributed by atoms with van der Waals surface area (Å²) in [6, 6.07) is 6.47. The standard InChI is InChI=1S/C18H23BrN2O4S2/c1-5-21(6-2)27(23,24)17-9-13(7-8-16(17)25-4)18(22)20(3)11-15-10-14(19)12-26-15/h7-10,12H,5-6,11H2,1-4H3. The molecule has 0 bridgehead atoms. The van der Waals surface area contributed by atoms with E-state index in [0.29, 0.717) is 25.2 Å². The van der Waals surface area contributed by atoms with Crippen molar-refractivity contribution in [3.63, 3.8) is 0 Å². The molecule has 0 aliphatic heterocycles. The molecule has 0 unspecified atom stereocenters. The average molecular weight is 475 g/mol. The first-order valence-electron chi connectivity index (χ1n) is 8.41. The maximum atomic E-state index is 12.9. The molecule has 0 saturated heterocycles. The molecule has 0 saturated carbocycles. The number of hydrogen-bond acceptors (Lipinski definition) is 5. The normalized spacial score (nSPS) is 11.6. The second-order valence-corrected chi connectivity index (χ2v) is 9.67. The van der Waals surface area contributed by atoms with Crippen LogP contribution in [0.25, 0.3) is 0 Å². The first kappa shape index (κ1) is 21.9. The summed E-state index contributed by atoms with van der Waals surface area (Å²) in [6.07, 6.45) is 0. The van der Waals surface area contributed by atoms with Gasteiger partial charge in [0.05, 0.1) is 13.7 Å². The molecule has 0 atom stereocenters. The number of thiophene rings is 1. The van der Waals surface area contributed by atoms with Crippen LogP contribution in [0.2, 0.25) is 0 Å². The number of sulfonamides is 1. The molecule has 1 aromatic carbocycles. The fraction of sp³-hybridized carbons (Fsp3) is 0.389. The quantitative estimate of drug-likeness (QED) is 0.582. The minimum Gasteiger partial charge on any atom is -0.495 e. The van der Waals surface area contributed by atoms with E-state index in [9.17, 15) is 13.2 Å². The van der Waals surface area contributed by atoms with E-state index in [4.69, 9.17) is 4.74 Å². The number of nitrogens with zero attached hydrogens (tertiary/aromatic N) is 2. The summed E-state index contributed by atoms with van der Waals surface area (Å²) in [6.45, 7) is 4.67. The van der Waals surface area contributed by atoms with Crippen LogP contribution in [0.4, 0.5) is 0 Å². The van der Waals surface area contributed by atoms with Gasteiger partial charge in [0.15, 0.2) is 0 Å². The van der Waals surface area contributed by atoms with Gasteiger partial charge in [0.25, 0.3) is 5.91 Å². The Morgan fingerprint density at radius 2 is 1.89 bits per heavy atom. The zero-order valence-corrected chi connectivity index (χ0v) is 18.9. The third kappa shape index (κ3) is 4.90. The molecular formula is C18H23BrN2O4S2. The Labute approximate surface area is 172 Å². The van der Waals surface area contributed by atoms with Crippen LogP contribution in [0, 0.1) is 0 Å². The first-order chi connectivity index (χ1) is 12.7. The van der Waals surface area contributed by atoms with Gasteiger partial charge in [-0.2, -0.15) is 4.31 Å². The van der Waals surface area contributed by atoms with E-state index in [2.05, 4.69) is 15.9 Å². The van der Waals surface area contributed by atoms with Crippen molar-refractivity contribution in [2.75, 3.05) is 27.2 Å². The van der Waals surface area contributed by atoms with Crippen LogP contribution in [0.5, 0.6) is 5.75 Å². The smallest absolute Gasteiger partial charge is 0.253 e. The third-order valence-electron chi connectivity index (χ3n) is 4.10. The number of carbonyl (C=O) groups is 1. The van der Waals surface area contributed by atoms with Gasteiger partial charge in [0.1, 0.15) is 10.6 Å². The maximum Gasteiger partial charge on any atom is 0.253 e. The highest BCUT2D eigenvalue weighted by atomic mass is 79.9. The van der Waals surface area contributed by atoms with Crippen LogP contribution in [-0.4, -0.2) is 50.8 Å². The summed E-state index contributed by atoms with van der Waals surface area (Å²) in [5, 5.41) is 1.95. The Morgan fingerprint density at radius 3 is 2.41 bits per heavy atom. The Hall–Kier alpha value is -1.42. The Balaban J connectivity index is 2.36. The molecule has 1 heterocycles. The molecule has 0 aliphatic rings. The van der Waals surface area contributed by atoms with Gasteiger partial charge >= 0.3 is 0 Å². The van der Waals surface area contributed by atoms with Gasteiger partial charge < -0.3 is 9.64 Å². The van der Waals surface area contributed by atoms with Crippen molar-refractivity contribution >= 4 is 43.2 Å². The number of ether oxygens (including phenoxy) is 1. The van der Waals surface area contributed by atoms with E-state index in [1.807, 2.05) is 11.4 Å². The Bertz CT molecular complexity index is 908. The van der Waals surface area contributed by atoms with Gasteiger partial charge in [-0.05, 0) is 40.2 Å². The predicted molar refractivity (Wildman–Crippen MR) is 111 cm³/mol. The average Bonchev–Trinajstić information content (AvgIpc) is 3.05. The summed E-state index contributed by atoms with van der Waals surface area (Å²) >= 11 is 4.95. The maximum absolute atomic E-state index is 12.9. The highest BCUT2D eigenvalue weighted by Gasteiger charge is 2.27. The molecular weight excluding hydrogens is 452 g/mol. The molecule has 6 nitrogen and oxygen atoms in total. The van der Waals surface area contributed by atoms with E-state index in [1.165, 1.54) is 23.5 Å². The lowest BCUT2D eigenvalue weighted by Gasteiger charge is -2.21. The van der Waals surface area contributed by atoms with Crippen LogP contribution >= 0.6 is 27.3 Å². The highest BCUT2D eigenvalue weighted by molar-refractivity contribution is 9.10. The minimum atomic E-state index is -3.75. The van der Waals surface area contributed by atoms with Crippen LogP contribution in [0.1, 0.15) is 29.1 Å². The molecule has 0 aliphatic carbocycles. The first-order valence-corrected chi connectivity index (χ1v) is 11.5. The predicted octanol–water partition coefficient (Wildman–Crippen LogP) is 3.82. The summed E-state index contributed by atoms with van der Waals surface area (Å²) in [5.74, 6) is -0.0264. The molecule has 1 amide bonds. The number of hydrogen-bond donors (Lipinski definition) is 0. The second kappa shape index (κ2) is 9.18. The fourth-order valence-corrected chi connectivity index (χ4v) is 5.82. The number of amides is 1. The molecule has 0 radical (unpaired) electrons. The number of rotatable bonds is 8. The van der Waals surface area contributed by atoms with E-state index in [-0.39, 0.29) is 16.6 Å². The summed E-state index contributed by atoms with van der Waals surface area (Å²) < 4.78 is 33.4. The van der Waals surface area contributed by atoms with E-state index >= 15 is 0 Å². The van der Waals surface area contributed by atoms with Crippen molar-refractivity contribution in [3.8, 4) is 5.75 Å². The van der Waals surface area contributed by atoms with Crippen LogP contribution in [-0.2, 0) is 16.6 Å². The van der Waals surface area contributed by atoms with Gasteiger partial charge in [0, 0.05) is 40.4 Å². The SMILES string of the molecule is CCN(CC)S(=O)(=O)c1cc(C(=O)N(C)Cc2cc(Br)cs2)ccc1OC. The minimum absolute atomic E-state index is 0.00631. The van der Waals surface area contributed by atoms with Gasteiger partial charge in [-0.15, -0.1) is 11.3 Å². The van der Waals surface area contributed by atoms with Crippen molar-refractivity contribution < 1.29 is 17.9 Å². The van der Waals surface area contributed by atoms with Crippen LogP contribution in [0.3, 0.4) is 0 Å². The largest absolute Gasteiger partial charge is 0.495 e. The highest BCUT2D eigenvalue weighted by Crippen LogP contribution is 2.29. The topological polar surface area (TPSA) is 66.9 Å². The molecule has 2 aromatic rings. The van der Waals surface area contributed by atoms with Crippen molar-refractivity contribution in [2.24, 2.45) is 0 Å². The lowest BCUT2D eigenvalue weighted by molar-refractivity contribution is 0.0786. The Morgan fingerprint density at radius 1 is 1.22 bits per heavy atom. The summed E-state index contributed by atoms with van der Waals surface area (Å²) in [5.41, 5.74) is 0.305. The van der Waals surface area contributed by atoms with Crippen molar-refractivity contribution in [2.45, 2.75) is 25.3 Å². The number of benzene rings is 1. The van der Waals surface area contributed by atoms with E-state index < -0.39 is 10.0 Å². The number of halogens is 1. The zero-order valence-electron chi connectivity index (χ0n) is 15.7. The van der Waals surface area contributed by atoms with Gasteiger partial charge in [-0.1, -0.05) is 13.8 Å². The molecule has 0 N–H and O–H groups in total. The Kier molecular flexibility index (Phi) is 7.44. The van der Waals surface area contributed by atoms with Gasteiger partial charge in [-0.3, -0.25) is 4.79 Å². The van der Waals surface area contributed by atoms with Crippen molar-refractivity contribution in [3.05, 3.63) is 44.6 Å². The van der Waals surface area contributed by atoms with E-state index in [1.54, 1.807) is 43.2 Å².